The predicted octanol–water partition coefficient (Wildman–Crippen LogP) is 10.6. The van der Waals surface area contributed by atoms with Crippen molar-refractivity contribution in [2.75, 3.05) is 85.7 Å². The van der Waals surface area contributed by atoms with Crippen LogP contribution in [0.5, 0.6) is 0 Å². The van der Waals surface area contributed by atoms with Crippen LogP contribution in [0.25, 0.3) is 0 Å². The van der Waals surface area contributed by atoms with E-state index in [1.54, 1.807) is 23.6 Å². The van der Waals surface area contributed by atoms with E-state index in [0.29, 0.717) is 127 Å². The quantitative estimate of drug-likeness (QED) is 0.0154. The number of fused-ring (bicyclic) bond motifs is 5. The average molecular weight is 1690 g/mol. The molecular formula is C85H148N5O24P2+. The fourth-order valence-corrected chi connectivity index (χ4v) is 22.1. The van der Waals surface area contributed by atoms with Crippen molar-refractivity contribution in [2.24, 2.45) is 64.1 Å². The maximum atomic E-state index is 13.8. The van der Waals surface area contributed by atoms with Crippen LogP contribution in [0.15, 0.2) is 11.6 Å². The third-order valence-electron chi connectivity index (χ3n) is 27.1. The number of aliphatic hydroxyl groups is 7. The van der Waals surface area contributed by atoms with Gasteiger partial charge in [0.1, 0.15) is 43.7 Å². The highest BCUT2D eigenvalue weighted by molar-refractivity contribution is 7.53. The van der Waals surface area contributed by atoms with Crippen molar-refractivity contribution >= 4 is 51.4 Å². The first kappa shape index (κ1) is 97.7. The summed E-state index contributed by atoms with van der Waals surface area (Å²) in [6.45, 7) is 19.2. The summed E-state index contributed by atoms with van der Waals surface area (Å²) in [7, 11) is -6.33. The molecule has 8 rings (SSSR count). The molecule has 16 unspecified atom stereocenters. The second kappa shape index (κ2) is 48.4. The largest absolute Gasteiger partial charge is 0.697 e. The van der Waals surface area contributed by atoms with Crippen LogP contribution < -0.4 is 16.0 Å². The van der Waals surface area contributed by atoms with Gasteiger partial charge < -0.3 is 94.2 Å². The molecule has 8 aliphatic rings. The smallest absolute Gasteiger partial charge is 0.446 e. The van der Waals surface area contributed by atoms with E-state index < -0.39 is 114 Å². The Morgan fingerprint density at radius 2 is 1.22 bits per heavy atom. The van der Waals surface area contributed by atoms with Gasteiger partial charge in [-0.15, -0.1) is 9.05 Å². The van der Waals surface area contributed by atoms with Crippen molar-refractivity contribution in [3.8, 4) is 0 Å². The lowest BCUT2D eigenvalue weighted by Gasteiger charge is -2.58. The lowest BCUT2D eigenvalue weighted by molar-refractivity contribution is -0.282. The number of nitrogens with one attached hydrogen (secondary N) is 3. The third kappa shape index (κ3) is 28.7. The Balaban J connectivity index is 0.657. The summed E-state index contributed by atoms with van der Waals surface area (Å²) in [5.41, 5.74) is 2.12. The molecule has 7 fully saturated rings. The van der Waals surface area contributed by atoms with Gasteiger partial charge in [-0.05, 0) is 181 Å². The molecule has 0 radical (unpaired) electrons. The predicted molar refractivity (Wildman–Crippen MR) is 435 cm³/mol. The Kier molecular flexibility index (Phi) is 40.8. The molecule has 0 aromatic heterocycles. The summed E-state index contributed by atoms with van der Waals surface area (Å²) in [6.07, 6.45) is 16.1. The molecule has 4 heterocycles. The highest BCUT2D eigenvalue weighted by Gasteiger charge is 2.60. The number of allylic oxidation sites excluding steroid dienone is 1. The van der Waals surface area contributed by atoms with Crippen molar-refractivity contribution in [1.82, 2.24) is 25.8 Å². The third-order valence-corrected chi connectivity index (χ3v) is 29.2. The molecule has 3 saturated carbocycles. The number of carbonyl (C=O) groups is 6. The first-order valence-electron chi connectivity index (χ1n) is 44.4. The van der Waals surface area contributed by atoms with Crippen molar-refractivity contribution in [1.29, 1.82) is 0 Å². The number of rotatable bonds is 51. The second-order valence-electron chi connectivity index (χ2n) is 36.3. The van der Waals surface area contributed by atoms with Crippen molar-refractivity contribution < 1.29 is 115 Å². The second-order valence-corrected chi connectivity index (χ2v) is 39.2. The zero-order chi connectivity index (χ0) is 84.3. The number of hydrogen-bond acceptors (Lipinski definition) is 24. The maximum absolute atomic E-state index is 13.8. The summed E-state index contributed by atoms with van der Waals surface area (Å²) in [5.74, 6) is 2.94. The number of nitrogens with zero attached hydrogens (tertiary/aromatic N) is 2. The monoisotopic (exact) mass is 1680 g/mol. The number of alkyl carbamates (subject to hydrolysis) is 1. The van der Waals surface area contributed by atoms with Gasteiger partial charge in [0.15, 0.2) is 18.4 Å². The highest BCUT2D eigenvalue weighted by Crippen LogP contribution is 2.67. The standard InChI is InChI=1S/C85H147N5O24P2/c1-55(2)24-23-25-57(4)66-34-35-67-65-33-32-60-47-63(36-38-84(60,7)68(65)37-39-85(66,67)8)111-83(103)87-41-19-12-15-31-76(98)90-50-64(48-61(90)51-91)114-116(9,105)110-45-44-108-115(104)109-54-62-46-56(3)49-89(62)75(97)30-14-11-10-13-27-70(94)69(88-74(96)29-18-22-43-107-82-59(6)78(100)80(102)72(53-93)113-82)26-16-20-40-86-73(95)28-17-21-42-106-81-58(5)77(99)79(101)71(52-92)112-81/h32,55-59,61-69,71-72,77-82,91-93,99-102H,10-31,33-54H2,1-9H3,(H2-,86,87,88,95,96,103)/p+1/t56-,57-,58?,59?,61+,62+,63?,64-,65?,66-,67?,68?,69+,71?,72?,77?,78?,79?,80?,81?,82?,84+,85-,116?/m1/s1. The topological polar surface area (TPSA) is 404 Å². The van der Waals surface area contributed by atoms with E-state index in [-0.39, 0.29) is 138 Å². The van der Waals surface area contributed by atoms with Crippen LogP contribution in [0.2, 0.25) is 0 Å². The number of hydrogen-bond donors (Lipinski definition) is 10. The van der Waals surface area contributed by atoms with E-state index in [2.05, 4.69) is 56.6 Å². The van der Waals surface area contributed by atoms with E-state index in [0.717, 1.165) is 55.3 Å². The SMILES string of the molecule is CC(C)CCC[C@@H](C)[C@H]1CCC2C3CC=C4CC(OC(=O)NCCCCCC(=O)N5C[C@H](OP(C)(=O)OCCO[P+](=O)OC[C@@H]6C[C@@H](C)CN6C(=O)CCCCCCC(=O)[C@H](CCCCNC(=O)CCCCOC6OC(CO)C(O)C(O)C6C)NC(=O)CCCCOC6OC(CO)C(O)C(O)C6C)C[C@H]5CO)CC[C@]4(C)C3CC[C@@]21C. The van der Waals surface area contributed by atoms with E-state index in [1.807, 2.05) is 6.92 Å². The van der Waals surface area contributed by atoms with Gasteiger partial charge in [0.2, 0.25) is 23.6 Å². The van der Waals surface area contributed by atoms with Crippen molar-refractivity contribution in [2.45, 2.75) is 340 Å². The number of ether oxygens (including phenoxy) is 5. The molecule has 4 saturated heterocycles. The number of likely N-dealkylation sites (tertiary alicyclic amines) is 2. The summed E-state index contributed by atoms with van der Waals surface area (Å²) in [5, 5.41) is 79.1. The Bertz CT molecular complexity index is 3140. The average Bonchev–Trinajstić information content (AvgIpc) is 1.48. The van der Waals surface area contributed by atoms with Crippen LogP contribution in [0.1, 0.15) is 261 Å². The van der Waals surface area contributed by atoms with Crippen LogP contribution in [-0.4, -0.2) is 246 Å². The minimum Gasteiger partial charge on any atom is -0.446 e. The number of ketones is 1. The summed E-state index contributed by atoms with van der Waals surface area (Å²) < 4.78 is 77.7. The van der Waals surface area contributed by atoms with E-state index in [4.69, 9.17) is 41.8 Å². The Morgan fingerprint density at radius 3 is 1.85 bits per heavy atom. The summed E-state index contributed by atoms with van der Waals surface area (Å²) in [6, 6.07) is -1.61. The number of Topliss-reactive ketones (excluding diaryl/α,β-unsaturated/α-hetero) is 1. The van der Waals surface area contributed by atoms with Gasteiger partial charge in [-0.3, -0.25) is 28.5 Å². The van der Waals surface area contributed by atoms with Gasteiger partial charge in [-0.25, -0.2) is 4.79 Å². The lowest BCUT2D eigenvalue weighted by Crippen LogP contribution is -2.55. The van der Waals surface area contributed by atoms with Gasteiger partial charge in [-0.1, -0.05) is 106 Å². The minimum atomic E-state index is -3.70. The molecule has 0 bridgehead atoms. The van der Waals surface area contributed by atoms with Crippen molar-refractivity contribution in [3.05, 3.63) is 11.6 Å². The van der Waals surface area contributed by atoms with Crippen molar-refractivity contribution in [3.63, 3.8) is 0 Å². The molecule has 0 aromatic carbocycles. The molecule has 116 heavy (non-hydrogen) atoms. The Morgan fingerprint density at radius 1 is 0.612 bits per heavy atom. The molecule has 4 aliphatic heterocycles. The van der Waals surface area contributed by atoms with Gasteiger partial charge in [0.25, 0.3) is 0 Å². The van der Waals surface area contributed by atoms with Gasteiger partial charge in [-0.2, -0.15) is 0 Å². The molecule has 0 spiro atoms. The number of unbranched alkanes of at least 4 members (excludes halogenated alkanes) is 8. The van der Waals surface area contributed by atoms with Gasteiger partial charge in [0, 0.05) is 101 Å². The normalized spacial score (nSPS) is 33.0. The zero-order valence-electron chi connectivity index (χ0n) is 71.3. The Hall–Kier alpha value is -3.71. The number of aliphatic hydroxyl groups excluding tert-OH is 7. The Labute approximate surface area is 691 Å². The first-order chi connectivity index (χ1) is 55.4. The molecule has 29 nitrogen and oxygen atoms in total. The highest BCUT2D eigenvalue weighted by atomic mass is 31.2. The van der Waals surface area contributed by atoms with Crippen LogP contribution in [-0.2, 0) is 74.9 Å². The van der Waals surface area contributed by atoms with Gasteiger partial charge >= 0.3 is 21.9 Å². The maximum Gasteiger partial charge on any atom is 0.697 e. The van der Waals surface area contributed by atoms with E-state index in [9.17, 15) is 73.6 Å². The summed E-state index contributed by atoms with van der Waals surface area (Å²) >= 11 is 0. The number of carbonyl (C=O) groups excluding carboxylic acids is 6. The van der Waals surface area contributed by atoms with Gasteiger partial charge in [0.05, 0.1) is 62.9 Å². The first-order valence-corrected chi connectivity index (χ1v) is 47.5. The minimum absolute atomic E-state index is 0.0247. The molecule has 5 amide bonds. The lowest BCUT2D eigenvalue weighted by atomic mass is 9.47. The molecule has 0 aromatic rings. The van der Waals surface area contributed by atoms with Crippen LogP contribution in [0, 0.1) is 64.1 Å². The molecule has 25 atom stereocenters. The molecule has 31 heteroatoms. The van der Waals surface area contributed by atoms with Crippen LogP contribution >= 0.6 is 15.9 Å². The fourth-order valence-electron chi connectivity index (χ4n) is 20.3. The van der Waals surface area contributed by atoms with Crippen LogP contribution in [0.3, 0.4) is 0 Å². The van der Waals surface area contributed by atoms with E-state index in [1.165, 1.54) is 57.2 Å². The summed E-state index contributed by atoms with van der Waals surface area (Å²) in [4.78, 5) is 83.2. The van der Waals surface area contributed by atoms with Crippen LogP contribution in [0.4, 0.5) is 4.79 Å². The van der Waals surface area contributed by atoms with E-state index >= 15 is 0 Å². The molecular weight excluding hydrogens is 1540 g/mol. The molecule has 666 valence electrons. The molecule has 4 aliphatic carbocycles. The number of amides is 5. The molecule has 10 N–H and O–H groups in total. The fraction of sp³-hybridized carbons (Fsp3) is 0.906. The zero-order valence-corrected chi connectivity index (χ0v) is 73.0.